The van der Waals surface area contributed by atoms with Gasteiger partial charge in [0.05, 0.1) is 18.7 Å². The molecule has 0 amide bonds. The Balaban J connectivity index is 1.55. The third-order valence-electron chi connectivity index (χ3n) is 5.32. The molecule has 152 valence electrons. The van der Waals surface area contributed by atoms with Gasteiger partial charge in [-0.1, -0.05) is 12.1 Å². The van der Waals surface area contributed by atoms with Crippen LogP contribution < -0.4 is 14.4 Å². The number of rotatable bonds is 7. The lowest BCUT2D eigenvalue weighted by atomic mass is 10.1. The second kappa shape index (κ2) is 8.70. The molecule has 1 fully saturated rings. The van der Waals surface area contributed by atoms with E-state index in [1.165, 1.54) is 5.69 Å². The predicted octanol–water partition coefficient (Wildman–Crippen LogP) is 4.75. The first-order valence-electron chi connectivity index (χ1n) is 10.2. The minimum Gasteiger partial charge on any atom is -0.497 e. The molecule has 0 saturated carbocycles. The molecule has 0 aliphatic carbocycles. The molecule has 4 rings (SSSR count). The van der Waals surface area contributed by atoms with Gasteiger partial charge in [-0.3, -0.25) is 4.98 Å². The summed E-state index contributed by atoms with van der Waals surface area (Å²) in [5, 5.41) is 1.15. The molecule has 0 bridgehead atoms. The number of aromatic nitrogens is 1. The summed E-state index contributed by atoms with van der Waals surface area (Å²) >= 11 is 0. The van der Waals surface area contributed by atoms with Crippen LogP contribution >= 0.6 is 0 Å². The van der Waals surface area contributed by atoms with Gasteiger partial charge >= 0.3 is 0 Å². The van der Waals surface area contributed by atoms with Gasteiger partial charge in [-0.05, 0) is 56.2 Å². The highest BCUT2D eigenvalue weighted by Gasteiger charge is 2.24. The van der Waals surface area contributed by atoms with Gasteiger partial charge < -0.3 is 19.1 Å². The lowest BCUT2D eigenvalue weighted by Crippen LogP contribution is -2.23. The van der Waals surface area contributed by atoms with Gasteiger partial charge in [-0.15, -0.1) is 0 Å². The van der Waals surface area contributed by atoms with Crippen molar-refractivity contribution < 1.29 is 14.2 Å². The van der Waals surface area contributed by atoms with Crippen LogP contribution in [-0.4, -0.2) is 37.9 Å². The largest absolute Gasteiger partial charge is 0.497 e. The summed E-state index contributed by atoms with van der Waals surface area (Å²) in [4.78, 5) is 7.16. The maximum absolute atomic E-state index is 6.02. The number of nitrogens with zero attached hydrogens (tertiary/aromatic N) is 2. The van der Waals surface area contributed by atoms with Crippen LogP contribution in [0.15, 0.2) is 48.5 Å². The zero-order chi connectivity index (χ0) is 20.2. The second-order valence-electron chi connectivity index (χ2n) is 7.41. The smallest absolute Gasteiger partial charge is 0.122 e. The highest BCUT2D eigenvalue weighted by Crippen LogP contribution is 2.32. The van der Waals surface area contributed by atoms with Crippen molar-refractivity contribution in [2.75, 3.05) is 31.7 Å². The number of hydrogen-bond acceptors (Lipinski definition) is 5. The molecule has 0 spiro atoms. The summed E-state index contributed by atoms with van der Waals surface area (Å²) in [6, 6.07) is 16.3. The molecule has 3 aromatic rings. The lowest BCUT2D eigenvalue weighted by Gasteiger charge is -2.21. The van der Waals surface area contributed by atoms with Crippen molar-refractivity contribution in [3.05, 3.63) is 59.8 Å². The number of benzene rings is 2. The average Bonchev–Trinajstić information content (AvgIpc) is 3.20. The van der Waals surface area contributed by atoms with Crippen LogP contribution in [0.3, 0.4) is 0 Å². The van der Waals surface area contributed by atoms with Crippen molar-refractivity contribution in [2.45, 2.75) is 33.0 Å². The van der Waals surface area contributed by atoms with Gasteiger partial charge in [0, 0.05) is 42.5 Å². The lowest BCUT2D eigenvalue weighted by molar-refractivity contribution is 0.0788. The normalized spacial score (nSPS) is 16.4. The van der Waals surface area contributed by atoms with Crippen LogP contribution in [0.5, 0.6) is 11.5 Å². The highest BCUT2D eigenvalue weighted by molar-refractivity contribution is 5.93. The molecule has 0 N–H and O–H groups in total. The minimum absolute atomic E-state index is 0.314. The molecule has 2 aromatic carbocycles. The van der Waals surface area contributed by atoms with Crippen molar-refractivity contribution in [1.82, 2.24) is 4.98 Å². The predicted molar refractivity (Wildman–Crippen MR) is 116 cm³/mol. The molecule has 1 saturated heterocycles. The molecule has 2 heterocycles. The molecule has 0 radical (unpaired) electrons. The second-order valence-corrected chi connectivity index (χ2v) is 7.41. The fourth-order valence-electron chi connectivity index (χ4n) is 3.92. The summed E-state index contributed by atoms with van der Waals surface area (Å²) in [5.74, 6) is 1.65. The first kappa shape index (κ1) is 19.5. The maximum Gasteiger partial charge on any atom is 0.122 e. The Bertz CT molecular complexity index is 989. The van der Waals surface area contributed by atoms with Crippen LogP contribution in [0.4, 0.5) is 5.69 Å². The molecular weight excluding hydrogens is 364 g/mol. The highest BCUT2D eigenvalue weighted by atomic mass is 16.5. The van der Waals surface area contributed by atoms with E-state index >= 15 is 0 Å². The fourth-order valence-corrected chi connectivity index (χ4v) is 3.92. The Morgan fingerprint density at radius 3 is 2.83 bits per heavy atom. The molecule has 5 heteroatoms. The molecular formula is C24H28N2O3. The Morgan fingerprint density at radius 1 is 1.10 bits per heavy atom. The fraction of sp³-hybridized carbons (Fsp3) is 0.375. The number of pyridine rings is 1. The molecule has 1 aliphatic heterocycles. The van der Waals surface area contributed by atoms with E-state index in [4.69, 9.17) is 19.2 Å². The summed E-state index contributed by atoms with van der Waals surface area (Å²) in [6.45, 7) is 7.30. The number of fused-ring (bicyclic) bond motifs is 1. The molecule has 5 nitrogen and oxygen atoms in total. The Morgan fingerprint density at radius 2 is 2.00 bits per heavy atom. The summed E-state index contributed by atoms with van der Waals surface area (Å²) in [6.07, 6.45) is 1.38. The zero-order valence-electron chi connectivity index (χ0n) is 17.4. The van der Waals surface area contributed by atoms with E-state index in [-0.39, 0.29) is 0 Å². The van der Waals surface area contributed by atoms with E-state index in [1.807, 2.05) is 43.3 Å². The average molecular weight is 392 g/mol. The van der Waals surface area contributed by atoms with Crippen LogP contribution in [0.25, 0.3) is 10.9 Å². The van der Waals surface area contributed by atoms with Crippen LogP contribution in [-0.2, 0) is 11.3 Å². The third kappa shape index (κ3) is 4.46. The van der Waals surface area contributed by atoms with Crippen LogP contribution in [0, 0.1) is 6.92 Å². The first-order valence-corrected chi connectivity index (χ1v) is 10.2. The van der Waals surface area contributed by atoms with Crippen molar-refractivity contribution in [2.24, 2.45) is 0 Å². The van der Waals surface area contributed by atoms with Gasteiger partial charge in [-0.2, -0.15) is 0 Å². The third-order valence-corrected chi connectivity index (χ3v) is 5.32. The molecule has 1 unspecified atom stereocenters. The van der Waals surface area contributed by atoms with Gasteiger partial charge in [0.25, 0.3) is 0 Å². The monoisotopic (exact) mass is 392 g/mol. The van der Waals surface area contributed by atoms with Crippen molar-refractivity contribution in [3.8, 4) is 11.5 Å². The summed E-state index contributed by atoms with van der Waals surface area (Å²) in [5.41, 5.74) is 4.27. The Kier molecular flexibility index (Phi) is 5.86. The van der Waals surface area contributed by atoms with E-state index < -0.39 is 0 Å². The number of anilines is 1. The summed E-state index contributed by atoms with van der Waals surface area (Å²) < 4.78 is 17.1. The first-order chi connectivity index (χ1) is 14.2. The van der Waals surface area contributed by atoms with Gasteiger partial charge in [-0.25, -0.2) is 0 Å². The quantitative estimate of drug-likeness (QED) is 0.581. The Labute approximate surface area is 172 Å². The SMILES string of the molecule is CCOC1CCN(c2cc(C)nc3cc(OCc4cccc(OC)c4)ccc23)C1. The summed E-state index contributed by atoms with van der Waals surface area (Å²) in [7, 11) is 1.67. The van der Waals surface area contributed by atoms with E-state index in [2.05, 4.69) is 24.0 Å². The van der Waals surface area contributed by atoms with Crippen molar-refractivity contribution in [1.29, 1.82) is 0 Å². The van der Waals surface area contributed by atoms with E-state index in [1.54, 1.807) is 7.11 Å². The number of ether oxygens (including phenoxy) is 3. The molecule has 1 aliphatic rings. The molecule has 1 atom stereocenters. The maximum atomic E-state index is 6.02. The van der Waals surface area contributed by atoms with E-state index in [9.17, 15) is 0 Å². The van der Waals surface area contributed by atoms with E-state index in [0.29, 0.717) is 12.7 Å². The number of aryl methyl sites for hydroxylation is 1. The van der Waals surface area contributed by atoms with Crippen LogP contribution in [0.2, 0.25) is 0 Å². The van der Waals surface area contributed by atoms with Crippen molar-refractivity contribution in [3.63, 3.8) is 0 Å². The molecule has 29 heavy (non-hydrogen) atoms. The topological polar surface area (TPSA) is 43.8 Å². The Hall–Kier alpha value is -2.79. The zero-order valence-corrected chi connectivity index (χ0v) is 17.4. The minimum atomic E-state index is 0.314. The van der Waals surface area contributed by atoms with Crippen molar-refractivity contribution >= 4 is 16.6 Å². The number of hydrogen-bond donors (Lipinski definition) is 0. The van der Waals surface area contributed by atoms with E-state index in [0.717, 1.165) is 59.8 Å². The molecule has 1 aromatic heterocycles. The van der Waals surface area contributed by atoms with Crippen LogP contribution in [0.1, 0.15) is 24.6 Å². The van der Waals surface area contributed by atoms with Gasteiger partial charge in [0.1, 0.15) is 18.1 Å². The standard InChI is InChI=1S/C24H28N2O3/c1-4-28-21-10-11-26(15-21)24-12-17(2)25-23-14-20(8-9-22(23)24)29-16-18-6-5-7-19(13-18)27-3/h5-9,12-14,21H,4,10-11,15-16H2,1-3H3. The van der Waals surface area contributed by atoms with Gasteiger partial charge in [0.15, 0.2) is 0 Å². The number of methoxy groups -OCH3 is 1. The van der Waals surface area contributed by atoms with Gasteiger partial charge in [0.2, 0.25) is 0 Å².